The summed E-state index contributed by atoms with van der Waals surface area (Å²) in [7, 11) is 0. The van der Waals surface area contributed by atoms with E-state index in [4.69, 9.17) is 5.26 Å². The molecule has 1 aliphatic rings. The fourth-order valence-corrected chi connectivity index (χ4v) is 3.68. The Balaban J connectivity index is 1.71. The zero-order valence-electron chi connectivity index (χ0n) is 11.8. The van der Waals surface area contributed by atoms with E-state index in [1.54, 1.807) is 11.8 Å². The van der Waals surface area contributed by atoms with E-state index >= 15 is 0 Å². The minimum atomic E-state index is 0.433. The third kappa shape index (κ3) is 3.24. The molecule has 0 saturated heterocycles. The van der Waals surface area contributed by atoms with E-state index in [1.807, 2.05) is 28.9 Å². The maximum Gasteiger partial charge on any atom is 0.209 e. The molecule has 0 radical (unpaired) electrons. The van der Waals surface area contributed by atoms with Crippen LogP contribution < -0.4 is 0 Å². The average molecular weight is 299 g/mol. The van der Waals surface area contributed by atoms with Crippen molar-refractivity contribution in [2.45, 2.75) is 49.1 Å². The SMILES string of the molecule is N#Cc1ccccc1CSc1nnnn1C1CCCCC1. The average Bonchev–Trinajstić information content (AvgIpc) is 3.02. The summed E-state index contributed by atoms with van der Waals surface area (Å²) in [4.78, 5) is 0. The van der Waals surface area contributed by atoms with Crippen LogP contribution in [-0.4, -0.2) is 20.2 Å². The first-order valence-corrected chi connectivity index (χ1v) is 8.25. The van der Waals surface area contributed by atoms with Crippen LogP contribution in [0.3, 0.4) is 0 Å². The van der Waals surface area contributed by atoms with Crippen LogP contribution in [0.2, 0.25) is 0 Å². The molecule has 1 aliphatic carbocycles. The molecule has 0 N–H and O–H groups in total. The molecule has 1 fully saturated rings. The Bertz CT molecular complexity index is 640. The highest BCUT2D eigenvalue weighted by molar-refractivity contribution is 7.98. The van der Waals surface area contributed by atoms with Crippen LogP contribution in [0.1, 0.15) is 49.3 Å². The lowest BCUT2D eigenvalue weighted by Crippen LogP contribution is -2.15. The maximum atomic E-state index is 9.13. The molecule has 21 heavy (non-hydrogen) atoms. The standard InChI is InChI=1S/C15H17N5S/c16-10-12-6-4-5-7-13(12)11-21-15-17-18-19-20(15)14-8-2-1-3-9-14/h4-7,14H,1-3,8-9,11H2. The van der Waals surface area contributed by atoms with Crippen LogP contribution in [0.5, 0.6) is 0 Å². The minimum absolute atomic E-state index is 0.433. The van der Waals surface area contributed by atoms with E-state index in [2.05, 4.69) is 21.6 Å². The van der Waals surface area contributed by atoms with Crippen molar-refractivity contribution >= 4 is 11.8 Å². The molecule has 0 atom stereocenters. The summed E-state index contributed by atoms with van der Waals surface area (Å²) >= 11 is 1.61. The van der Waals surface area contributed by atoms with Gasteiger partial charge in [-0.2, -0.15) is 5.26 Å². The Kier molecular flexibility index (Phi) is 4.51. The molecule has 1 heterocycles. The van der Waals surface area contributed by atoms with Gasteiger partial charge < -0.3 is 0 Å². The van der Waals surface area contributed by atoms with E-state index in [0.717, 1.165) is 34.9 Å². The van der Waals surface area contributed by atoms with Gasteiger partial charge in [-0.1, -0.05) is 49.2 Å². The first-order valence-electron chi connectivity index (χ1n) is 7.27. The zero-order valence-corrected chi connectivity index (χ0v) is 12.6. The molecular weight excluding hydrogens is 282 g/mol. The second kappa shape index (κ2) is 6.72. The molecule has 0 spiro atoms. The van der Waals surface area contributed by atoms with Crippen molar-refractivity contribution < 1.29 is 0 Å². The number of tetrazole rings is 1. The van der Waals surface area contributed by atoms with Crippen LogP contribution in [0.15, 0.2) is 29.4 Å². The summed E-state index contributed by atoms with van der Waals surface area (Å²) in [6.07, 6.45) is 6.15. The normalized spacial score (nSPS) is 15.8. The fraction of sp³-hybridized carbons (Fsp3) is 0.467. The summed E-state index contributed by atoms with van der Waals surface area (Å²) in [5, 5.41) is 22.1. The smallest absolute Gasteiger partial charge is 0.209 e. The number of benzene rings is 1. The lowest BCUT2D eigenvalue weighted by molar-refractivity contribution is 0.307. The molecule has 0 unspecified atom stereocenters. The molecular formula is C15H17N5S. The van der Waals surface area contributed by atoms with E-state index in [9.17, 15) is 0 Å². The van der Waals surface area contributed by atoms with Gasteiger partial charge in [0.25, 0.3) is 0 Å². The van der Waals surface area contributed by atoms with Crippen LogP contribution in [0.25, 0.3) is 0 Å². The second-order valence-corrected chi connectivity index (χ2v) is 6.20. The molecule has 0 amide bonds. The topological polar surface area (TPSA) is 67.4 Å². The van der Waals surface area contributed by atoms with Crippen molar-refractivity contribution in [3.63, 3.8) is 0 Å². The summed E-state index contributed by atoms with van der Waals surface area (Å²) in [5.41, 5.74) is 1.75. The third-order valence-corrected chi connectivity index (χ3v) is 4.86. The quantitative estimate of drug-likeness (QED) is 0.810. The van der Waals surface area contributed by atoms with Gasteiger partial charge in [-0.05, 0) is 34.9 Å². The number of aromatic nitrogens is 4. The van der Waals surface area contributed by atoms with Crippen LogP contribution >= 0.6 is 11.8 Å². The lowest BCUT2D eigenvalue weighted by atomic mass is 9.96. The molecule has 0 bridgehead atoms. The van der Waals surface area contributed by atoms with Crippen LogP contribution in [-0.2, 0) is 5.75 Å². The fourth-order valence-electron chi connectivity index (χ4n) is 2.73. The van der Waals surface area contributed by atoms with Gasteiger partial charge >= 0.3 is 0 Å². The zero-order chi connectivity index (χ0) is 14.5. The number of nitriles is 1. The predicted molar refractivity (Wildman–Crippen MR) is 80.7 cm³/mol. The Hall–Kier alpha value is -1.87. The van der Waals surface area contributed by atoms with Crippen LogP contribution in [0.4, 0.5) is 0 Å². The van der Waals surface area contributed by atoms with Gasteiger partial charge in [0.1, 0.15) is 0 Å². The number of hydrogen-bond donors (Lipinski definition) is 0. The highest BCUT2D eigenvalue weighted by Gasteiger charge is 2.20. The van der Waals surface area contributed by atoms with Gasteiger partial charge in [-0.15, -0.1) is 5.10 Å². The molecule has 2 aromatic rings. The Labute approximate surface area is 128 Å². The van der Waals surface area contributed by atoms with Gasteiger partial charge in [0, 0.05) is 5.75 Å². The Morgan fingerprint density at radius 3 is 2.86 bits per heavy atom. The van der Waals surface area contributed by atoms with Crippen LogP contribution in [0, 0.1) is 11.3 Å². The predicted octanol–water partition coefficient (Wildman–Crippen LogP) is 3.34. The number of hydrogen-bond acceptors (Lipinski definition) is 5. The van der Waals surface area contributed by atoms with E-state index in [1.165, 1.54) is 19.3 Å². The van der Waals surface area contributed by atoms with Gasteiger partial charge in [0.2, 0.25) is 5.16 Å². The number of rotatable bonds is 4. The first kappa shape index (κ1) is 14.1. The highest BCUT2D eigenvalue weighted by atomic mass is 32.2. The summed E-state index contributed by atoms with van der Waals surface area (Å²) in [5.74, 6) is 0.719. The molecule has 1 aromatic heterocycles. The van der Waals surface area contributed by atoms with E-state index in [-0.39, 0.29) is 0 Å². The van der Waals surface area contributed by atoms with E-state index in [0.29, 0.717) is 6.04 Å². The number of thioether (sulfide) groups is 1. The largest absolute Gasteiger partial charge is 0.217 e. The molecule has 0 aliphatic heterocycles. The second-order valence-electron chi connectivity index (χ2n) is 5.26. The summed E-state index contributed by atoms with van der Waals surface area (Å²) in [6, 6.07) is 10.3. The Morgan fingerprint density at radius 2 is 2.05 bits per heavy atom. The van der Waals surface area contributed by atoms with Crippen molar-refractivity contribution in [2.24, 2.45) is 0 Å². The van der Waals surface area contributed by atoms with Crippen molar-refractivity contribution in [3.8, 4) is 6.07 Å². The maximum absolute atomic E-state index is 9.13. The van der Waals surface area contributed by atoms with Crippen molar-refractivity contribution in [2.75, 3.05) is 0 Å². The third-order valence-electron chi connectivity index (χ3n) is 3.88. The summed E-state index contributed by atoms with van der Waals surface area (Å²) < 4.78 is 1.97. The molecule has 108 valence electrons. The van der Waals surface area contributed by atoms with Gasteiger partial charge in [-0.25, -0.2) is 4.68 Å². The molecule has 1 aromatic carbocycles. The van der Waals surface area contributed by atoms with Gasteiger partial charge in [0.05, 0.1) is 17.7 Å². The molecule has 5 nitrogen and oxygen atoms in total. The lowest BCUT2D eigenvalue weighted by Gasteiger charge is -2.22. The van der Waals surface area contributed by atoms with Gasteiger partial charge in [0.15, 0.2) is 0 Å². The summed E-state index contributed by atoms with van der Waals surface area (Å²) in [6.45, 7) is 0. The Morgan fingerprint density at radius 1 is 1.24 bits per heavy atom. The number of nitrogens with zero attached hydrogens (tertiary/aromatic N) is 5. The molecule has 6 heteroatoms. The van der Waals surface area contributed by atoms with Crippen molar-refractivity contribution in [1.82, 2.24) is 20.2 Å². The van der Waals surface area contributed by atoms with Crippen molar-refractivity contribution in [1.29, 1.82) is 5.26 Å². The first-order chi connectivity index (χ1) is 10.4. The molecule has 1 saturated carbocycles. The van der Waals surface area contributed by atoms with Gasteiger partial charge in [-0.3, -0.25) is 0 Å². The monoisotopic (exact) mass is 299 g/mol. The highest BCUT2D eigenvalue weighted by Crippen LogP contribution is 2.31. The van der Waals surface area contributed by atoms with Crippen molar-refractivity contribution in [3.05, 3.63) is 35.4 Å². The molecule has 3 rings (SSSR count). The minimum Gasteiger partial charge on any atom is -0.217 e. The van der Waals surface area contributed by atoms with E-state index < -0.39 is 0 Å².